The molecule has 1 amide bonds. The van der Waals surface area contributed by atoms with Crippen LogP contribution in [0.5, 0.6) is 5.88 Å². The van der Waals surface area contributed by atoms with Crippen molar-refractivity contribution in [2.45, 2.75) is 52.6 Å². The van der Waals surface area contributed by atoms with Gasteiger partial charge in [0, 0.05) is 23.5 Å². The molecular formula is C26H30FN7O3. The number of carbonyl (C=O) groups is 1. The van der Waals surface area contributed by atoms with Gasteiger partial charge in [0.25, 0.3) is 11.8 Å². The van der Waals surface area contributed by atoms with E-state index < -0.39 is 5.82 Å². The van der Waals surface area contributed by atoms with Crippen molar-refractivity contribution in [1.29, 1.82) is 0 Å². The lowest BCUT2D eigenvalue weighted by Crippen LogP contribution is -2.37. The predicted molar refractivity (Wildman–Crippen MR) is 137 cm³/mol. The molecular weight excluding hydrogens is 477 g/mol. The molecule has 0 unspecified atom stereocenters. The Morgan fingerprint density at radius 3 is 2.81 bits per heavy atom. The number of aryl methyl sites for hydroxylation is 2. The Labute approximate surface area is 213 Å². The number of piperidine rings is 1. The highest BCUT2D eigenvalue weighted by Gasteiger charge is 2.25. The molecule has 1 saturated heterocycles. The summed E-state index contributed by atoms with van der Waals surface area (Å²) in [5, 5.41) is 17.5. The molecule has 0 radical (unpaired) electrons. The Hall–Kier alpha value is -3.99. The second-order valence-electron chi connectivity index (χ2n) is 9.51. The zero-order valence-electron chi connectivity index (χ0n) is 21.3. The normalized spacial score (nSPS) is 15.8. The van der Waals surface area contributed by atoms with Crippen molar-refractivity contribution in [3.63, 3.8) is 0 Å². The third-order valence-corrected chi connectivity index (χ3v) is 6.38. The minimum atomic E-state index is -0.637. The third-order valence-electron chi connectivity index (χ3n) is 6.38. The molecule has 0 spiro atoms. The van der Waals surface area contributed by atoms with Gasteiger partial charge >= 0.3 is 0 Å². The summed E-state index contributed by atoms with van der Waals surface area (Å²) < 4.78 is 28.4. The number of carbonyl (C=O) groups excluding carboxylic acids is 1. The topological polar surface area (TPSA) is 119 Å². The molecule has 0 bridgehead atoms. The van der Waals surface area contributed by atoms with E-state index in [-0.39, 0.29) is 29.6 Å². The van der Waals surface area contributed by atoms with Gasteiger partial charge in [0.2, 0.25) is 5.82 Å². The Bertz CT molecular complexity index is 1420. The van der Waals surface area contributed by atoms with Crippen molar-refractivity contribution in [2.75, 3.05) is 23.7 Å². The summed E-state index contributed by atoms with van der Waals surface area (Å²) in [6, 6.07) is 6.99. The van der Waals surface area contributed by atoms with Gasteiger partial charge in [0.15, 0.2) is 11.5 Å². The molecule has 4 aromatic rings. The minimum absolute atomic E-state index is 0.0611. The molecule has 1 fully saturated rings. The maximum absolute atomic E-state index is 15.8. The molecule has 1 aromatic carbocycles. The highest BCUT2D eigenvalue weighted by Crippen LogP contribution is 2.32. The highest BCUT2D eigenvalue weighted by atomic mass is 19.1. The lowest BCUT2D eigenvalue weighted by Gasteiger charge is -2.24. The fraction of sp³-hybridized carbons (Fsp3) is 0.385. The van der Waals surface area contributed by atoms with Crippen LogP contribution in [0.1, 0.15) is 60.0 Å². The van der Waals surface area contributed by atoms with Crippen LogP contribution in [0.15, 0.2) is 35.0 Å². The molecule has 11 heteroatoms. The predicted octanol–water partition coefficient (Wildman–Crippen LogP) is 4.72. The first-order chi connectivity index (χ1) is 17.8. The van der Waals surface area contributed by atoms with Gasteiger partial charge < -0.3 is 25.2 Å². The number of halogens is 1. The van der Waals surface area contributed by atoms with Crippen LogP contribution >= 0.6 is 0 Å². The zero-order valence-corrected chi connectivity index (χ0v) is 21.3. The molecule has 5 rings (SSSR count). The van der Waals surface area contributed by atoms with E-state index in [9.17, 15) is 4.79 Å². The molecule has 4 heterocycles. The number of nitrogens with one attached hydrogen (secondary N) is 3. The lowest BCUT2D eigenvalue weighted by molar-refractivity contribution is 0.102. The van der Waals surface area contributed by atoms with Crippen LogP contribution in [-0.2, 0) is 0 Å². The molecule has 37 heavy (non-hydrogen) atoms. The van der Waals surface area contributed by atoms with E-state index in [2.05, 4.69) is 31.2 Å². The third kappa shape index (κ3) is 4.99. The molecule has 3 aromatic heterocycles. The monoisotopic (exact) mass is 507 g/mol. The Morgan fingerprint density at radius 1 is 1.30 bits per heavy atom. The van der Waals surface area contributed by atoms with E-state index >= 15 is 4.39 Å². The van der Waals surface area contributed by atoms with Crippen LogP contribution in [0.25, 0.3) is 5.65 Å². The van der Waals surface area contributed by atoms with Crippen LogP contribution < -0.4 is 20.7 Å². The van der Waals surface area contributed by atoms with Gasteiger partial charge in [-0.05, 0) is 57.4 Å². The number of hydrogen-bond donors (Lipinski definition) is 3. The smallest absolute Gasteiger partial charge is 0.261 e. The summed E-state index contributed by atoms with van der Waals surface area (Å²) in [6.07, 6.45) is 3.31. The van der Waals surface area contributed by atoms with Crippen molar-refractivity contribution in [3.8, 4) is 5.88 Å². The second kappa shape index (κ2) is 10.2. The van der Waals surface area contributed by atoms with Gasteiger partial charge in [-0.25, -0.2) is 0 Å². The molecule has 3 N–H and O–H groups in total. The molecule has 194 valence electrons. The van der Waals surface area contributed by atoms with E-state index in [0.29, 0.717) is 40.6 Å². The zero-order chi connectivity index (χ0) is 26.1. The van der Waals surface area contributed by atoms with Crippen molar-refractivity contribution < 1.29 is 18.4 Å². The van der Waals surface area contributed by atoms with E-state index in [1.165, 1.54) is 4.52 Å². The largest absolute Gasteiger partial charge is 0.471 e. The Balaban J connectivity index is 1.47. The number of fused-ring (bicyclic) bond motifs is 1. The number of amides is 1. The standard InChI is InChI=1S/C26H30FN7O3/c1-14(2)20-13-29-34-23(20)32-26(36-19-9-6-10-28-12-19)22(27)24(34)30-17-7-5-8-18(11-17)31-25(35)21-15(3)33-37-16(21)4/h5,7-8,11,13-14,19,28,30H,6,9-10,12H2,1-4H3,(H,31,35)/t19-/m0/s1. The second-order valence-corrected chi connectivity index (χ2v) is 9.51. The first-order valence-electron chi connectivity index (χ1n) is 12.4. The Kier molecular flexibility index (Phi) is 6.79. The van der Waals surface area contributed by atoms with E-state index in [0.717, 1.165) is 24.9 Å². The summed E-state index contributed by atoms with van der Waals surface area (Å²) in [5.74, 6) is -0.363. The summed E-state index contributed by atoms with van der Waals surface area (Å²) in [4.78, 5) is 17.3. The quantitative estimate of drug-likeness (QED) is 0.329. The summed E-state index contributed by atoms with van der Waals surface area (Å²) in [7, 11) is 0. The van der Waals surface area contributed by atoms with Crippen molar-refractivity contribution in [1.82, 2.24) is 25.1 Å². The maximum Gasteiger partial charge on any atom is 0.261 e. The molecule has 0 saturated carbocycles. The summed E-state index contributed by atoms with van der Waals surface area (Å²) in [5.41, 5.74) is 3.38. The molecule has 0 aliphatic carbocycles. The number of benzene rings is 1. The number of rotatable bonds is 7. The van der Waals surface area contributed by atoms with Crippen molar-refractivity contribution >= 4 is 28.7 Å². The molecule has 10 nitrogen and oxygen atoms in total. The summed E-state index contributed by atoms with van der Waals surface area (Å²) in [6.45, 7) is 9.02. The number of hydrogen-bond acceptors (Lipinski definition) is 8. The van der Waals surface area contributed by atoms with Crippen LogP contribution in [0, 0.1) is 19.7 Å². The van der Waals surface area contributed by atoms with Gasteiger partial charge in [0.1, 0.15) is 17.4 Å². The number of aromatic nitrogens is 4. The van der Waals surface area contributed by atoms with Gasteiger partial charge in [-0.15, -0.1) is 0 Å². The maximum atomic E-state index is 15.8. The SMILES string of the molecule is Cc1noc(C)c1C(=O)Nc1cccc(Nc2c(F)c(O[C@H]3CCCNC3)nc3c(C(C)C)cnn23)c1. The van der Waals surface area contributed by atoms with Gasteiger partial charge in [-0.2, -0.15) is 19.0 Å². The number of anilines is 3. The first kappa shape index (κ1) is 24.7. The van der Waals surface area contributed by atoms with Crippen LogP contribution in [-0.4, -0.2) is 44.9 Å². The number of nitrogens with zero attached hydrogens (tertiary/aromatic N) is 4. The molecule has 1 aliphatic heterocycles. The van der Waals surface area contributed by atoms with E-state index in [1.54, 1.807) is 44.3 Å². The average molecular weight is 508 g/mol. The van der Waals surface area contributed by atoms with Gasteiger partial charge in [-0.3, -0.25) is 4.79 Å². The molecule has 1 atom stereocenters. The fourth-order valence-electron chi connectivity index (χ4n) is 4.45. The minimum Gasteiger partial charge on any atom is -0.471 e. The fourth-order valence-corrected chi connectivity index (χ4v) is 4.45. The van der Waals surface area contributed by atoms with Crippen LogP contribution in [0.3, 0.4) is 0 Å². The van der Waals surface area contributed by atoms with Crippen molar-refractivity contribution in [2.24, 2.45) is 0 Å². The van der Waals surface area contributed by atoms with Crippen LogP contribution in [0.4, 0.5) is 21.6 Å². The lowest BCUT2D eigenvalue weighted by atomic mass is 10.1. The average Bonchev–Trinajstić information content (AvgIpc) is 3.45. The highest BCUT2D eigenvalue weighted by molar-refractivity contribution is 6.05. The van der Waals surface area contributed by atoms with Gasteiger partial charge in [-0.1, -0.05) is 25.1 Å². The van der Waals surface area contributed by atoms with E-state index in [4.69, 9.17) is 9.26 Å². The first-order valence-corrected chi connectivity index (χ1v) is 12.4. The Morgan fingerprint density at radius 2 is 2.11 bits per heavy atom. The number of ether oxygens (including phenoxy) is 1. The van der Waals surface area contributed by atoms with Gasteiger partial charge in [0.05, 0.1) is 11.9 Å². The van der Waals surface area contributed by atoms with Crippen LogP contribution in [0.2, 0.25) is 0 Å². The molecule has 1 aliphatic rings. The summed E-state index contributed by atoms with van der Waals surface area (Å²) >= 11 is 0. The van der Waals surface area contributed by atoms with Crippen molar-refractivity contribution in [3.05, 3.63) is 58.9 Å². The van der Waals surface area contributed by atoms with E-state index in [1.807, 2.05) is 13.8 Å².